The van der Waals surface area contributed by atoms with E-state index in [0.717, 1.165) is 30.6 Å². The second-order valence-corrected chi connectivity index (χ2v) is 6.71. The van der Waals surface area contributed by atoms with Crippen LogP contribution in [0.2, 0.25) is 0 Å². The molecule has 1 aliphatic heterocycles. The average Bonchev–Trinajstić information content (AvgIpc) is 2.69. The predicted molar refractivity (Wildman–Crippen MR) is 104 cm³/mol. The summed E-state index contributed by atoms with van der Waals surface area (Å²) in [6, 6.07) is 17.2. The summed E-state index contributed by atoms with van der Waals surface area (Å²) in [5.74, 6) is 0.625. The molecule has 0 atom stereocenters. The van der Waals surface area contributed by atoms with Gasteiger partial charge in [0.15, 0.2) is 0 Å². The maximum Gasteiger partial charge on any atom is 0.347 e. The van der Waals surface area contributed by atoms with Gasteiger partial charge in [-0.25, -0.2) is 4.79 Å². The number of benzene rings is 2. The third-order valence-corrected chi connectivity index (χ3v) is 4.93. The van der Waals surface area contributed by atoms with Crippen LogP contribution in [0.4, 0.5) is 0 Å². The molecule has 0 radical (unpaired) electrons. The number of fused-ring (bicyclic) bond motifs is 1. The maximum absolute atomic E-state index is 12.7. The van der Waals surface area contributed by atoms with Crippen molar-refractivity contribution in [3.05, 3.63) is 65.0 Å². The van der Waals surface area contributed by atoms with E-state index in [1.807, 2.05) is 54.6 Å². The zero-order valence-electron chi connectivity index (χ0n) is 14.8. The predicted octanol–water partition coefficient (Wildman–Crippen LogP) is 4.32. The summed E-state index contributed by atoms with van der Waals surface area (Å²) >= 11 is 0. The van der Waals surface area contributed by atoms with Crippen LogP contribution in [0.5, 0.6) is 5.75 Å². The number of ether oxygens (including phenoxy) is 1. The van der Waals surface area contributed by atoms with Crippen LogP contribution in [0.15, 0.2) is 63.8 Å². The van der Waals surface area contributed by atoms with E-state index in [0.29, 0.717) is 23.5 Å². The van der Waals surface area contributed by atoms with Gasteiger partial charge in [-0.15, -0.1) is 0 Å². The van der Waals surface area contributed by atoms with Crippen molar-refractivity contribution in [3.8, 4) is 16.9 Å². The summed E-state index contributed by atoms with van der Waals surface area (Å²) in [7, 11) is 0. The topological polar surface area (TPSA) is 42.7 Å². The lowest BCUT2D eigenvalue weighted by Gasteiger charge is -2.26. The van der Waals surface area contributed by atoms with Crippen molar-refractivity contribution in [1.82, 2.24) is 4.90 Å². The van der Waals surface area contributed by atoms with Crippen LogP contribution in [0, 0.1) is 0 Å². The van der Waals surface area contributed by atoms with Gasteiger partial charge in [0.1, 0.15) is 23.5 Å². The molecule has 4 heteroatoms. The number of rotatable bonds is 5. The Bertz CT molecular complexity index is 927. The molecule has 4 rings (SSSR count). The molecule has 3 aromatic rings. The zero-order chi connectivity index (χ0) is 17.8. The minimum Gasteiger partial charge on any atom is -0.491 e. The number of hydrogen-bond donors (Lipinski definition) is 0. The van der Waals surface area contributed by atoms with E-state index in [-0.39, 0.29) is 5.63 Å². The van der Waals surface area contributed by atoms with Crippen molar-refractivity contribution in [3.63, 3.8) is 0 Å². The number of nitrogens with zero attached hydrogens (tertiary/aromatic N) is 1. The standard InChI is InChI=1S/C22H23NO3/c24-22-20(17-9-3-1-4-10-17)21(18-11-5-6-12-19(18)26-22)25-16-15-23-13-7-2-8-14-23/h1,3-6,9-12H,2,7-8,13-16H2. The van der Waals surface area contributed by atoms with Gasteiger partial charge in [-0.05, 0) is 43.6 Å². The third kappa shape index (κ3) is 3.51. The SMILES string of the molecule is O=c1oc2ccccc2c(OCCN2CCCCC2)c1-c1ccccc1. The number of para-hydroxylation sites is 1. The van der Waals surface area contributed by atoms with Crippen LogP contribution in [0.3, 0.4) is 0 Å². The number of likely N-dealkylation sites (tertiary alicyclic amines) is 1. The second-order valence-electron chi connectivity index (χ2n) is 6.71. The average molecular weight is 349 g/mol. The lowest BCUT2D eigenvalue weighted by Crippen LogP contribution is -2.33. The van der Waals surface area contributed by atoms with Crippen molar-refractivity contribution >= 4 is 11.0 Å². The highest BCUT2D eigenvalue weighted by Gasteiger charge is 2.18. The van der Waals surface area contributed by atoms with Gasteiger partial charge in [-0.3, -0.25) is 4.90 Å². The van der Waals surface area contributed by atoms with Crippen LogP contribution in [-0.2, 0) is 0 Å². The zero-order valence-corrected chi connectivity index (χ0v) is 14.8. The highest BCUT2D eigenvalue weighted by atomic mass is 16.5. The minimum atomic E-state index is -0.358. The van der Waals surface area contributed by atoms with Crippen molar-refractivity contribution in [2.75, 3.05) is 26.2 Å². The summed E-state index contributed by atoms with van der Waals surface area (Å²) in [4.78, 5) is 15.1. The van der Waals surface area contributed by atoms with E-state index in [9.17, 15) is 4.79 Å². The van der Waals surface area contributed by atoms with E-state index < -0.39 is 0 Å². The Balaban J connectivity index is 1.69. The van der Waals surface area contributed by atoms with Gasteiger partial charge in [0.05, 0.1) is 5.39 Å². The lowest BCUT2D eigenvalue weighted by atomic mass is 10.0. The summed E-state index contributed by atoms with van der Waals surface area (Å²) in [6.45, 7) is 3.70. The number of piperidine rings is 1. The Morgan fingerprint density at radius 3 is 2.46 bits per heavy atom. The minimum absolute atomic E-state index is 0.358. The summed E-state index contributed by atoms with van der Waals surface area (Å²) in [5.41, 5.74) is 1.52. The fraction of sp³-hybridized carbons (Fsp3) is 0.318. The molecule has 2 heterocycles. The van der Waals surface area contributed by atoms with Crippen molar-refractivity contribution < 1.29 is 9.15 Å². The normalized spacial score (nSPS) is 15.2. The molecule has 1 fully saturated rings. The Kier molecular flexibility index (Phi) is 5.02. The molecule has 0 N–H and O–H groups in total. The van der Waals surface area contributed by atoms with Gasteiger partial charge >= 0.3 is 5.63 Å². The Morgan fingerprint density at radius 2 is 1.65 bits per heavy atom. The molecule has 0 spiro atoms. The van der Waals surface area contributed by atoms with E-state index >= 15 is 0 Å². The Morgan fingerprint density at radius 1 is 0.923 bits per heavy atom. The smallest absolute Gasteiger partial charge is 0.347 e. The molecular weight excluding hydrogens is 326 g/mol. The third-order valence-electron chi connectivity index (χ3n) is 4.93. The highest BCUT2D eigenvalue weighted by Crippen LogP contribution is 2.34. The van der Waals surface area contributed by atoms with Gasteiger partial charge in [-0.2, -0.15) is 0 Å². The molecule has 1 saturated heterocycles. The van der Waals surface area contributed by atoms with Crippen LogP contribution in [0.1, 0.15) is 19.3 Å². The summed E-state index contributed by atoms with van der Waals surface area (Å²) < 4.78 is 11.7. The first kappa shape index (κ1) is 16.9. The molecule has 0 bridgehead atoms. The maximum atomic E-state index is 12.7. The molecule has 2 aromatic carbocycles. The van der Waals surface area contributed by atoms with E-state index in [4.69, 9.17) is 9.15 Å². The molecule has 0 aliphatic carbocycles. The molecule has 1 aliphatic rings. The van der Waals surface area contributed by atoms with Crippen LogP contribution in [0.25, 0.3) is 22.1 Å². The van der Waals surface area contributed by atoms with Crippen molar-refractivity contribution in [2.45, 2.75) is 19.3 Å². The highest BCUT2D eigenvalue weighted by molar-refractivity contribution is 5.90. The fourth-order valence-corrected chi connectivity index (χ4v) is 3.58. The van der Waals surface area contributed by atoms with Crippen LogP contribution < -0.4 is 10.4 Å². The summed E-state index contributed by atoms with van der Waals surface area (Å²) in [6.07, 6.45) is 3.83. The Hall–Kier alpha value is -2.59. The fourth-order valence-electron chi connectivity index (χ4n) is 3.58. The largest absolute Gasteiger partial charge is 0.491 e. The summed E-state index contributed by atoms with van der Waals surface area (Å²) in [5, 5.41) is 0.838. The lowest BCUT2D eigenvalue weighted by molar-refractivity contribution is 0.184. The van der Waals surface area contributed by atoms with Gasteiger partial charge in [0, 0.05) is 6.54 Å². The van der Waals surface area contributed by atoms with Crippen LogP contribution in [-0.4, -0.2) is 31.1 Å². The van der Waals surface area contributed by atoms with Gasteiger partial charge in [0.25, 0.3) is 0 Å². The van der Waals surface area contributed by atoms with E-state index in [1.54, 1.807) is 0 Å². The molecule has 0 saturated carbocycles. The van der Waals surface area contributed by atoms with E-state index in [2.05, 4.69) is 4.90 Å². The van der Waals surface area contributed by atoms with Crippen molar-refractivity contribution in [1.29, 1.82) is 0 Å². The molecule has 1 aromatic heterocycles. The van der Waals surface area contributed by atoms with Gasteiger partial charge < -0.3 is 9.15 Å². The molecule has 134 valence electrons. The molecular formula is C22H23NO3. The number of hydrogen-bond acceptors (Lipinski definition) is 4. The molecule has 4 nitrogen and oxygen atoms in total. The van der Waals surface area contributed by atoms with Gasteiger partial charge in [-0.1, -0.05) is 48.9 Å². The Labute approximate surface area is 153 Å². The van der Waals surface area contributed by atoms with Crippen LogP contribution >= 0.6 is 0 Å². The first-order valence-corrected chi connectivity index (χ1v) is 9.29. The molecule has 26 heavy (non-hydrogen) atoms. The molecule has 0 amide bonds. The molecule has 0 unspecified atom stereocenters. The van der Waals surface area contributed by atoms with Crippen molar-refractivity contribution in [2.24, 2.45) is 0 Å². The van der Waals surface area contributed by atoms with E-state index in [1.165, 1.54) is 19.3 Å². The monoisotopic (exact) mass is 349 g/mol. The van der Waals surface area contributed by atoms with Gasteiger partial charge in [0.2, 0.25) is 0 Å². The quantitative estimate of drug-likeness (QED) is 0.643. The first-order chi connectivity index (χ1) is 12.8. The first-order valence-electron chi connectivity index (χ1n) is 9.29. The second kappa shape index (κ2) is 7.75.